The number of benzene rings is 1. The van der Waals surface area contributed by atoms with Gasteiger partial charge in [0.1, 0.15) is 5.82 Å². The Morgan fingerprint density at radius 1 is 1.54 bits per heavy atom. The van der Waals surface area contributed by atoms with Crippen LogP contribution in [0.5, 0.6) is 0 Å². The molecule has 0 fully saturated rings. The van der Waals surface area contributed by atoms with E-state index in [1.807, 2.05) is 0 Å². The first kappa shape index (κ1) is 10.4. The predicted octanol–water partition coefficient (Wildman–Crippen LogP) is 1.86. The highest BCUT2D eigenvalue weighted by Gasteiger charge is 2.02. The van der Waals surface area contributed by atoms with Crippen LogP contribution >= 0.6 is 11.6 Å². The predicted molar refractivity (Wildman–Crippen MR) is 50.0 cm³/mol. The van der Waals surface area contributed by atoms with Gasteiger partial charge >= 0.3 is 0 Å². The van der Waals surface area contributed by atoms with Crippen LogP contribution in [-0.2, 0) is 6.54 Å². The van der Waals surface area contributed by atoms with E-state index in [0.29, 0.717) is 6.54 Å². The second-order valence-electron chi connectivity index (χ2n) is 2.90. The molecule has 0 unspecified atom stereocenters. The largest absolute Gasteiger partial charge is 0.381 e. The first-order valence-corrected chi connectivity index (χ1v) is 4.24. The molecule has 0 bridgehead atoms. The van der Waals surface area contributed by atoms with Crippen LogP contribution in [0.25, 0.3) is 0 Å². The van der Waals surface area contributed by atoms with Gasteiger partial charge < -0.3 is 5.11 Å². The van der Waals surface area contributed by atoms with Crippen LogP contribution in [0.3, 0.4) is 0 Å². The van der Waals surface area contributed by atoms with Crippen molar-refractivity contribution in [3.05, 3.63) is 34.6 Å². The number of halogens is 2. The Balaban J connectivity index is 2.73. The molecule has 0 heterocycles. The summed E-state index contributed by atoms with van der Waals surface area (Å²) in [5.41, 5.74) is 0.878. The molecule has 0 aliphatic carbocycles. The molecule has 1 aromatic rings. The fourth-order valence-electron chi connectivity index (χ4n) is 1.000. The SMILES string of the molecule is CN(CO)Cc1ccc(F)c(Cl)c1. The minimum absolute atomic E-state index is 0.0327. The third kappa shape index (κ3) is 2.95. The Morgan fingerprint density at radius 3 is 2.77 bits per heavy atom. The van der Waals surface area contributed by atoms with E-state index in [9.17, 15) is 4.39 Å². The second kappa shape index (κ2) is 4.56. The molecule has 0 atom stereocenters. The van der Waals surface area contributed by atoms with Gasteiger partial charge in [0.2, 0.25) is 0 Å². The van der Waals surface area contributed by atoms with Crippen LogP contribution in [0.1, 0.15) is 5.56 Å². The van der Waals surface area contributed by atoms with Crippen LogP contribution in [0.15, 0.2) is 18.2 Å². The van der Waals surface area contributed by atoms with Crippen molar-refractivity contribution in [3.8, 4) is 0 Å². The lowest BCUT2D eigenvalue weighted by molar-refractivity contribution is 0.127. The monoisotopic (exact) mass is 203 g/mol. The Kier molecular flexibility index (Phi) is 3.66. The van der Waals surface area contributed by atoms with Crippen LogP contribution in [0.4, 0.5) is 4.39 Å². The average molecular weight is 204 g/mol. The first-order valence-electron chi connectivity index (χ1n) is 3.87. The standard InChI is InChI=1S/C9H11ClFNO/c1-12(6-13)5-7-2-3-9(11)8(10)4-7/h2-4,13H,5-6H2,1H3. The van der Waals surface area contributed by atoms with Crippen molar-refractivity contribution in [1.82, 2.24) is 4.90 Å². The highest BCUT2D eigenvalue weighted by atomic mass is 35.5. The Bertz CT molecular complexity index is 293. The Hall–Kier alpha value is -0.640. The van der Waals surface area contributed by atoms with Gasteiger partial charge in [0.05, 0.1) is 11.8 Å². The number of hydrogen-bond donors (Lipinski definition) is 1. The molecule has 2 nitrogen and oxygen atoms in total. The van der Waals surface area contributed by atoms with Gasteiger partial charge in [0, 0.05) is 6.54 Å². The Morgan fingerprint density at radius 2 is 2.23 bits per heavy atom. The highest BCUT2D eigenvalue weighted by molar-refractivity contribution is 6.30. The van der Waals surface area contributed by atoms with Gasteiger partial charge in [-0.15, -0.1) is 0 Å². The van der Waals surface area contributed by atoms with Gasteiger partial charge in [-0.3, -0.25) is 4.90 Å². The molecule has 1 rings (SSSR count). The molecule has 0 aromatic heterocycles. The van der Waals surface area contributed by atoms with Crippen LogP contribution in [0.2, 0.25) is 5.02 Å². The summed E-state index contributed by atoms with van der Waals surface area (Å²) >= 11 is 5.58. The van der Waals surface area contributed by atoms with Gasteiger partial charge in [-0.2, -0.15) is 0 Å². The lowest BCUT2D eigenvalue weighted by atomic mass is 10.2. The summed E-state index contributed by atoms with van der Waals surface area (Å²) in [5, 5.41) is 8.85. The topological polar surface area (TPSA) is 23.5 Å². The summed E-state index contributed by atoms with van der Waals surface area (Å²) < 4.78 is 12.7. The lowest BCUT2D eigenvalue weighted by Gasteiger charge is -2.12. The van der Waals surface area contributed by atoms with Crippen LogP contribution in [-0.4, -0.2) is 23.8 Å². The summed E-state index contributed by atoms with van der Waals surface area (Å²) in [7, 11) is 1.76. The van der Waals surface area contributed by atoms with Crippen molar-refractivity contribution in [1.29, 1.82) is 0 Å². The van der Waals surface area contributed by atoms with E-state index in [1.54, 1.807) is 24.1 Å². The number of aliphatic hydroxyl groups is 1. The number of rotatable bonds is 3. The van der Waals surface area contributed by atoms with Crippen molar-refractivity contribution in [2.45, 2.75) is 6.54 Å². The molecule has 1 N–H and O–H groups in total. The number of nitrogens with zero attached hydrogens (tertiary/aromatic N) is 1. The molecular formula is C9H11ClFNO. The zero-order valence-electron chi connectivity index (χ0n) is 7.30. The molecule has 0 radical (unpaired) electrons. The lowest BCUT2D eigenvalue weighted by Crippen LogP contribution is -2.18. The van der Waals surface area contributed by atoms with Crippen molar-refractivity contribution < 1.29 is 9.50 Å². The molecular weight excluding hydrogens is 193 g/mol. The van der Waals surface area contributed by atoms with E-state index in [2.05, 4.69) is 0 Å². The minimum atomic E-state index is -0.419. The summed E-state index contributed by atoms with van der Waals surface area (Å²) in [5.74, 6) is -0.419. The molecule has 0 saturated carbocycles. The van der Waals surface area contributed by atoms with Gasteiger partial charge in [0.25, 0.3) is 0 Å². The molecule has 4 heteroatoms. The summed E-state index contributed by atoms with van der Waals surface area (Å²) in [6, 6.07) is 4.53. The molecule has 0 amide bonds. The zero-order chi connectivity index (χ0) is 9.84. The number of hydrogen-bond acceptors (Lipinski definition) is 2. The summed E-state index contributed by atoms with van der Waals surface area (Å²) in [4.78, 5) is 1.68. The van der Waals surface area contributed by atoms with Crippen molar-refractivity contribution in [3.63, 3.8) is 0 Å². The molecule has 0 aliphatic heterocycles. The molecule has 13 heavy (non-hydrogen) atoms. The zero-order valence-corrected chi connectivity index (χ0v) is 8.05. The van der Waals surface area contributed by atoms with Gasteiger partial charge in [-0.1, -0.05) is 17.7 Å². The molecule has 0 aliphatic rings. The quantitative estimate of drug-likeness (QED) is 0.759. The third-order valence-electron chi connectivity index (χ3n) is 1.68. The fraction of sp³-hybridized carbons (Fsp3) is 0.333. The molecule has 0 spiro atoms. The van der Waals surface area contributed by atoms with Gasteiger partial charge in [-0.25, -0.2) is 4.39 Å². The fourth-order valence-corrected chi connectivity index (χ4v) is 1.20. The normalized spacial score (nSPS) is 10.8. The van der Waals surface area contributed by atoms with Crippen molar-refractivity contribution >= 4 is 11.6 Å². The van der Waals surface area contributed by atoms with Crippen molar-refractivity contribution in [2.24, 2.45) is 0 Å². The molecule has 1 aromatic carbocycles. The first-order chi connectivity index (χ1) is 6.13. The van der Waals surface area contributed by atoms with E-state index in [1.165, 1.54) is 6.07 Å². The van der Waals surface area contributed by atoms with E-state index < -0.39 is 5.82 Å². The smallest absolute Gasteiger partial charge is 0.141 e. The van der Waals surface area contributed by atoms with Crippen LogP contribution < -0.4 is 0 Å². The van der Waals surface area contributed by atoms with E-state index in [4.69, 9.17) is 16.7 Å². The van der Waals surface area contributed by atoms with Crippen LogP contribution in [0, 0.1) is 5.82 Å². The maximum Gasteiger partial charge on any atom is 0.141 e. The summed E-state index contributed by atoms with van der Waals surface area (Å²) in [6.07, 6.45) is 0. The van der Waals surface area contributed by atoms with E-state index >= 15 is 0 Å². The Labute approximate surface area is 81.5 Å². The van der Waals surface area contributed by atoms with Gasteiger partial charge in [0.15, 0.2) is 0 Å². The maximum atomic E-state index is 12.7. The van der Waals surface area contributed by atoms with E-state index in [0.717, 1.165) is 5.56 Å². The average Bonchev–Trinajstić information content (AvgIpc) is 2.11. The molecule has 0 saturated heterocycles. The second-order valence-corrected chi connectivity index (χ2v) is 3.31. The van der Waals surface area contributed by atoms with Crippen molar-refractivity contribution in [2.75, 3.05) is 13.8 Å². The number of aliphatic hydroxyl groups excluding tert-OH is 1. The maximum absolute atomic E-state index is 12.7. The highest BCUT2D eigenvalue weighted by Crippen LogP contribution is 2.16. The van der Waals surface area contributed by atoms with Gasteiger partial charge in [-0.05, 0) is 24.7 Å². The third-order valence-corrected chi connectivity index (χ3v) is 1.97. The van der Waals surface area contributed by atoms with E-state index in [-0.39, 0.29) is 11.8 Å². The summed E-state index contributed by atoms with van der Waals surface area (Å²) in [6.45, 7) is 0.519. The minimum Gasteiger partial charge on any atom is -0.381 e. The molecule has 72 valence electrons.